The monoisotopic (exact) mass is 326 g/mol. The van der Waals surface area contributed by atoms with E-state index in [0.29, 0.717) is 22.4 Å². The molecule has 0 radical (unpaired) electrons. The van der Waals surface area contributed by atoms with Gasteiger partial charge in [-0.2, -0.15) is 10.5 Å². The van der Waals surface area contributed by atoms with Crippen molar-refractivity contribution in [2.45, 2.75) is 6.10 Å². The summed E-state index contributed by atoms with van der Waals surface area (Å²) in [7, 11) is 0. The molecule has 3 aromatic rings. The normalized spacial score (nSPS) is 11.2. The molecule has 3 aromatic carbocycles. The molecule has 25 heavy (non-hydrogen) atoms. The fraction of sp³-hybridized carbons (Fsp3) is 0.0476. The molecule has 1 atom stereocenters. The van der Waals surface area contributed by atoms with Crippen LogP contribution in [-0.4, -0.2) is 5.11 Å². The number of hydrogen-bond donors (Lipinski definition) is 1. The molecule has 120 valence electrons. The third-order valence-corrected chi connectivity index (χ3v) is 3.78. The van der Waals surface area contributed by atoms with E-state index in [1.165, 1.54) is 6.07 Å². The molecule has 4 heteroatoms. The van der Waals surface area contributed by atoms with Gasteiger partial charge in [-0.25, -0.2) is 0 Å². The average molecular weight is 326 g/mol. The van der Waals surface area contributed by atoms with Gasteiger partial charge in [-0.05, 0) is 47.5 Å². The van der Waals surface area contributed by atoms with Crippen molar-refractivity contribution >= 4 is 0 Å². The average Bonchev–Trinajstić information content (AvgIpc) is 2.68. The van der Waals surface area contributed by atoms with Crippen molar-refractivity contribution in [1.82, 2.24) is 0 Å². The van der Waals surface area contributed by atoms with Crippen molar-refractivity contribution in [1.29, 1.82) is 10.5 Å². The summed E-state index contributed by atoms with van der Waals surface area (Å²) in [4.78, 5) is 0. The van der Waals surface area contributed by atoms with Crippen LogP contribution in [0.2, 0.25) is 0 Å². The maximum Gasteiger partial charge on any atom is 0.127 e. The zero-order valence-electron chi connectivity index (χ0n) is 13.3. The molecule has 0 aliphatic carbocycles. The maximum absolute atomic E-state index is 10.5. The van der Waals surface area contributed by atoms with E-state index in [4.69, 9.17) is 15.3 Å². The largest absolute Gasteiger partial charge is 0.457 e. The van der Waals surface area contributed by atoms with Crippen LogP contribution in [0.15, 0.2) is 72.8 Å². The molecule has 0 bridgehead atoms. The fourth-order valence-corrected chi connectivity index (χ4v) is 2.46. The number of aliphatic hydroxyl groups excluding tert-OH is 1. The molecule has 0 aliphatic rings. The molecule has 1 unspecified atom stereocenters. The number of para-hydroxylation sites is 1. The van der Waals surface area contributed by atoms with E-state index in [-0.39, 0.29) is 5.56 Å². The lowest BCUT2D eigenvalue weighted by Crippen LogP contribution is -2.01. The number of rotatable bonds is 4. The lowest BCUT2D eigenvalue weighted by atomic mass is 9.97. The second kappa shape index (κ2) is 7.31. The third-order valence-electron chi connectivity index (χ3n) is 3.78. The van der Waals surface area contributed by atoms with E-state index >= 15 is 0 Å². The first-order chi connectivity index (χ1) is 12.2. The quantitative estimate of drug-likeness (QED) is 0.775. The summed E-state index contributed by atoms with van der Waals surface area (Å²) in [6.45, 7) is 0. The van der Waals surface area contributed by atoms with Gasteiger partial charge in [-0.1, -0.05) is 36.4 Å². The molecule has 0 fully saturated rings. The molecule has 4 nitrogen and oxygen atoms in total. The Hall–Kier alpha value is -3.60. The fourth-order valence-electron chi connectivity index (χ4n) is 2.46. The Balaban J connectivity index is 1.80. The first-order valence-electron chi connectivity index (χ1n) is 7.66. The number of ether oxygens (including phenoxy) is 1. The summed E-state index contributed by atoms with van der Waals surface area (Å²) >= 11 is 0. The van der Waals surface area contributed by atoms with Crippen molar-refractivity contribution in [3.63, 3.8) is 0 Å². The Bertz CT molecular complexity index is 952. The second-order valence-corrected chi connectivity index (χ2v) is 5.42. The number of aliphatic hydroxyl groups is 1. The molecular formula is C21H14N2O2. The number of nitriles is 2. The van der Waals surface area contributed by atoms with Gasteiger partial charge in [0.25, 0.3) is 0 Å². The lowest BCUT2D eigenvalue weighted by molar-refractivity contribution is 0.220. The standard InChI is InChI=1S/C21H14N2O2/c22-13-17-7-6-16(12-18(17)14-23)21(24)15-8-10-20(11-9-15)25-19-4-2-1-3-5-19/h1-12,21,24H. The Morgan fingerprint density at radius 3 is 1.96 bits per heavy atom. The predicted octanol–water partition coefficient (Wildman–Crippen LogP) is 4.30. The van der Waals surface area contributed by atoms with Gasteiger partial charge < -0.3 is 9.84 Å². The van der Waals surface area contributed by atoms with Crippen LogP contribution in [0.4, 0.5) is 0 Å². The van der Waals surface area contributed by atoms with E-state index in [1.54, 1.807) is 36.4 Å². The predicted molar refractivity (Wildman–Crippen MR) is 92.9 cm³/mol. The number of nitrogens with zero attached hydrogens (tertiary/aromatic N) is 2. The van der Waals surface area contributed by atoms with Gasteiger partial charge in [0.1, 0.15) is 29.7 Å². The summed E-state index contributed by atoms with van der Waals surface area (Å²) in [6.07, 6.45) is -0.884. The molecule has 1 N–H and O–H groups in total. The van der Waals surface area contributed by atoms with Crippen LogP contribution in [0.25, 0.3) is 0 Å². The highest BCUT2D eigenvalue weighted by atomic mass is 16.5. The molecule has 3 rings (SSSR count). The van der Waals surface area contributed by atoms with E-state index in [9.17, 15) is 5.11 Å². The Kier molecular flexibility index (Phi) is 4.76. The van der Waals surface area contributed by atoms with Crippen LogP contribution in [0.3, 0.4) is 0 Å². The summed E-state index contributed by atoms with van der Waals surface area (Å²) in [5.41, 5.74) is 1.79. The van der Waals surface area contributed by atoms with Gasteiger partial charge in [0.2, 0.25) is 0 Å². The maximum atomic E-state index is 10.5. The molecular weight excluding hydrogens is 312 g/mol. The van der Waals surface area contributed by atoms with Crippen LogP contribution >= 0.6 is 0 Å². The van der Waals surface area contributed by atoms with E-state index in [0.717, 1.165) is 5.75 Å². The first kappa shape index (κ1) is 16.3. The Morgan fingerprint density at radius 1 is 0.720 bits per heavy atom. The Morgan fingerprint density at radius 2 is 1.32 bits per heavy atom. The summed E-state index contributed by atoms with van der Waals surface area (Å²) < 4.78 is 5.72. The molecule has 0 heterocycles. The van der Waals surface area contributed by atoms with Gasteiger partial charge in [-0.3, -0.25) is 0 Å². The van der Waals surface area contributed by atoms with Gasteiger partial charge in [0, 0.05) is 0 Å². The van der Waals surface area contributed by atoms with Crippen molar-refractivity contribution in [3.05, 3.63) is 95.1 Å². The van der Waals surface area contributed by atoms with E-state index < -0.39 is 6.10 Å². The molecule has 0 aliphatic heterocycles. The zero-order valence-corrected chi connectivity index (χ0v) is 13.3. The summed E-state index contributed by atoms with van der Waals surface area (Å²) in [5, 5.41) is 28.6. The minimum Gasteiger partial charge on any atom is -0.457 e. The second-order valence-electron chi connectivity index (χ2n) is 5.42. The van der Waals surface area contributed by atoms with E-state index in [1.807, 2.05) is 42.5 Å². The first-order valence-corrected chi connectivity index (χ1v) is 7.66. The topological polar surface area (TPSA) is 77.0 Å². The van der Waals surface area contributed by atoms with Crippen molar-refractivity contribution in [2.75, 3.05) is 0 Å². The van der Waals surface area contributed by atoms with Gasteiger partial charge in [0.15, 0.2) is 0 Å². The molecule has 0 spiro atoms. The van der Waals surface area contributed by atoms with Crippen molar-refractivity contribution < 1.29 is 9.84 Å². The lowest BCUT2D eigenvalue weighted by Gasteiger charge is -2.13. The van der Waals surface area contributed by atoms with Crippen molar-refractivity contribution in [2.24, 2.45) is 0 Å². The number of hydrogen-bond acceptors (Lipinski definition) is 4. The highest BCUT2D eigenvalue weighted by molar-refractivity contribution is 5.49. The minimum atomic E-state index is -0.884. The van der Waals surface area contributed by atoms with Crippen LogP contribution in [0.5, 0.6) is 11.5 Å². The number of benzene rings is 3. The van der Waals surface area contributed by atoms with Gasteiger partial charge >= 0.3 is 0 Å². The van der Waals surface area contributed by atoms with Gasteiger partial charge in [0.05, 0.1) is 11.1 Å². The van der Waals surface area contributed by atoms with Crippen LogP contribution in [-0.2, 0) is 0 Å². The highest BCUT2D eigenvalue weighted by Gasteiger charge is 2.13. The van der Waals surface area contributed by atoms with Crippen LogP contribution in [0, 0.1) is 22.7 Å². The van der Waals surface area contributed by atoms with Crippen molar-refractivity contribution in [3.8, 4) is 23.6 Å². The molecule has 0 saturated heterocycles. The Labute approximate surface area is 145 Å². The smallest absolute Gasteiger partial charge is 0.127 e. The summed E-state index contributed by atoms with van der Waals surface area (Å²) in [6, 6.07) is 25.2. The van der Waals surface area contributed by atoms with Gasteiger partial charge in [-0.15, -0.1) is 0 Å². The third kappa shape index (κ3) is 3.67. The highest BCUT2D eigenvalue weighted by Crippen LogP contribution is 2.27. The minimum absolute atomic E-state index is 0.253. The zero-order chi connectivity index (χ0) is 17.6. The van der Waals surface area contributed by atoms with E-state index in [2.05, 4.69) is 0 Å². The molecule has 0 aromatic heterocycles. The molecule has 0 saturated carbocycles. The summed E-state index contributed by atoms with van der Waals surface area (Å²) in [5.74, 6) is 1.40. The van der Waals surface area contributed by atoms with Crippen LogP contribution < -0.4 is 4.74 Å². The van der Waals surface area contributed by atoms with Crippen LogP contribution in [0.1, 0.15) is 28.4 Å². The molecule has 0 amide bonds. The SMILES string of the molecule is N#Cc1ccc(C(O)c2ccc(Oc3ccccc3)cc2)cc1C#N.